The summed E-state index contributed by atoms with van der Waals surface area (Å²) < 4.78 is 0. The third-order valence-electron chi connectivity index (χ3n) is 1.63. The highest BCUT2D eigenvalue weighted by molar-refractivity contribution is 4.94. The second-order valence-electron chi connectivity index (χ2n) is 3.16. The van der Waals surface area contributed by atoms with Crippen molar-refractivity contribution < 1.29 is 0 Å². The van der Waals surface area contributed by atoms with Crippen LogP contribution in [-0.2, 0) is 6.42 Å². The van der Waals surface area contributed by atoms with Crippen molar-refractivity contribution in [2.75, 3.05) is 0 Å². The number of aromatic nitrogens is 3. The standard InChI is InChI=1S/C9H15N3/c1-4-5-8-10-6-11-9(12-8)7(2)3/h6-7H,4-5H2,1-3H3. The smallest absolute Gasteiger partial charge is 0.134 e. The molecule has 0 saturated heterocycles. The zero-order valence-corrected chi connectivity index (χ0v) is 7.91. The van der Waals surface area contributed by atoms with Gasteiger partial charge in [-0.05, 0) is 6.42 Å². The lowest BCUT2D eigenvalue weighted by Crippen LogP contribution is -2.03. The SMILES string of the molecule is CCCc1ncnc(C(C)C)n1. The number of nitrogens with zero attached hydrogens (tertiary/aromatic N) is 3. The Kier molecular flexibility index (Phi) is 3.14. The summed E-state index contributed by atoms with van der Waals surface area (Å²) in [6.07, 6.45) is 3.64. The maximum atomic E-state index is 4.34. The Morgan fingerprint density at radius 2 is 2.08 bits per heavy atom. The molecule has 1 rings (SSSR count). The minimum atomic E-state index is 0.392. The van der Waals surface area contributed by atoms with Gasteiger partial charge < -0.3 is 0 Å². The first-order chi connectivity index (χ1) is 5.74. The van der Waals surface area contributed by atoms with Crippen LogP contribution in [0.4, 0.5) is 0 Å². The Hall–Kier alpha value is -0.990. The van der Waals surface area contributed by atoms with Crippen LogP contribution in [0.1, 0.15) is 44.8 Å². The highest BCUT2D eigenvalue weighted by atomic mass is 15.0. The van der Waals surface area contributed by atoms with Crippen molar-refractivity contribution in [3.63, 3.8) is 0 Å². The van der Waals surface area contributed by atoms with Crippen molar-refractivity contribution in [1.29, 1.82) is 0 Å². The molecule has 0 aliphatic heterocycles. The predicted molar refractivity (Wildman–Crippen MR) is 47.9 cm³/mol. The van der Waals surface area contributed by atoms with Crippen molar-refractivity contribution in [1.82, 2.24) is 15.0 Å². The second-order valence-corrected chi connectivity index (χ2v) is 3.16. The molecule has 3 heteroatoms. The molecule has 0 saturated carbocycles. The van der Waals surface area contributed by atoms with Crippen LogP contribution in [-0.4, -0.2) is 15.0 Å². The first kappa shape index (κ1) is 9.10. The maximum Gasteiger partial charge on any atom is 0.134 e. The third kappa shape index (κ3) is 2.26. The van der Waals surface area contributed by atoms with Gasteiger partial charge in [0.25, 0.3) is 0 Å². The summed E-state index contributed by atoms with van der Waals surface area (Å²) in [4.78, 5) is 12.5. The molecule has 0 aliphatic carbocycles. The molecule has 1 aromatic rings. The van der Waals surface area contributed by atoms with Crippen LogP contribution < -0.4 is 0 Å². The van der Waals surface area contributed by atoms with Gasteiger partial charge in [0.2, 0.25) is 0 Å². The monoisotopic (exact) mass is 165 g/mol. The Morgan fingerprint density at radius 3 is 2.67 bits per heavy atom. The van der Waals surface area contributed by atoms with E-state index in [9.17, 15) is 0 Å². The number of rotatable bonds is 3. The zero-order valence-electron chi connectivity index (χ0n) is 7.91. The molecule has 0 aromatic carbocycles. The first-order valence-electron chi connectivity index (χ1n) is 4.41. The van der Waals surface area contributed by atoms with Gasteiger partial charge in [0.15, 0.2) is 0 Å². The average molecular weight is 165 g/mol. The summed E-state index contributed by atoms with van der Waals surface area (Å²) in [6, 6.07) is 0. The molecule has 0 radical (unpaired) electrons. The van der Waals surface area contributed by atoms with Gasteiger partial charge in [0.1, 0.15) is 18.0 Å². The molecule has 0 aliphatic rings. The fraction of sp³-hybridized carbons (Fsp3) is 0.667. The van der Waals surface area contributed by atoms with Gasteiger partial charge in [-0.15, -0.1) is 0 Å². The van der Waals surface area contributed by atoms with E-state index in [1.807, 2.05) is 0 Å². The van der Waals surface area contributed by atoms with E-state index < -0.39 is 0 Å². The van der Waals surface area contributed by atoms with Gasteiger partial charge >= 0.3 is 0 Å². The lowest BCUT2D eigenvalue weighted by Gasteiger charge is -2.03. The minimum absolute atomic E-state index is 0.392. The molecule has 66 valence electrons. The summed E-state index contributed by atoms with van der Waals surface area (Å²) >= 11 is 0. The van der Waals surface area contributed by atoms with Crippen molar-refractivity contribution >= 4 is 0 Å². The molecule has 0 amide bonds. The second kappa shape index (κ2) is 4.14. The minimum Gasteiger partial charge on any atom is -0.221 e. The summed E-state index contributed by atoms with van der Waals surface area (Å²) in [6.45, 7) is 6.30. The number of hydrogen-bond donors (Lipinski definition) is 0. The van der Waals surface area contributed by atoms with Crippen molar-refractivity contribution in [2.45, 2.75) is 39.5 Å². The van der Waals surface area contributed by atoms with E-state index in [4.69, 9.17) is 0 Å². The van der Waals surface area contributed by atoms with Gasteiger partial charge in [-0.1, -0.05) is 20.8 Å². The fourth-order valence-corrected chi connectivity index (χ4v) is 0.967. The van der Waals surface area contributed by atoms with E-state index in [2.05, 4.69) is 35.7 Å². The van der Waals surface area contributed by atoms with Crippen LogP contribution in [0.15, 0.2) is 6.33 Å². The molecule has 3 nitrogen and oxygen atoms in total. The zero-order chi connectivity index (χ0) is 8.97. The fourth-order valence-electron chi connectivity index (χ4n) is 0.967. The van der Waals surface area contributed by atoms with Crippen LogP contribution in [0, 0.1) is 0 Å². The third-order valence-corrected chi connectivity index (χ3v) is 1.63. The number of aryl methyl sites for hydroxylation is 1. The van der Waals surface area contributed by atoms with E-state index in [-0.39, 0.29) is 0 Å². The van der Waals surface area contributed by atoms with E-state index in [1.54, 1.807) is 6.33 Å². The van der Waals surface area contributed by atoms with Gasteiger partial charge in [-0.2, -0.15) is 0 Å². The van der Waals surface area contributed by atoms with Crippen LogP contribution >= 0.6 is 0 Å². The molecule has 0 bridgehead atoms. The van der Waals surface area contributed by atoms with Crippen LogP contribution in [0.25, 0.3) is 0 Å². The molecule has 0 spiro atoms. The predicted octanol–water partition coefficient (Wildman–Crippen LogP) is 1.95. The van der Waals surface area contributed by atoms with Crippen molar-refractivity contribution in [3.05, 3.63) is 18.0 Å². The Morgan fingerprint density at radius 1 is 1.33 bits per heavy atom. The quantitative estimate of drug-likeness (QED) is 0.687. The summed E-state index contributed by atoms with van der Waals surface area (Å²) in [5, 5.41) is 0. The van der Waals surface area contributed by atoms with Crippen molar-refractivity contribution in [2.24, 2.45) is 0 Å². The summed E-state index contributed by atoms with van der Waals surface area (Å²) in [7, 11) is 0. The van der Waals surface area contributed by atoms with Crippen LogP contribution in [0.3, 0.4) is 0 Å². The topological polar surface area (TPSA) is 38.7 Å². The first-order valence-corrected chi connectivity index (χ1v) is 4.41. The average Bonchev–Trinajstić information content (AvgIpc) is 2.05. The number of hydrogen-bond acceptors (Lipinski definition) is 3. The van der Waals surface area contributed by atoms with Gasteiger partial charge in [0.05, 0.1) is 0 Å². The molecule has 12 heavy (non-hydrogen) atoms. The molecule has 0 N–H and O–H groups in total. The normalized spacial score (nSPS) is 10.7. The van der Waals surface area contributed by atoms with Crippen LogP contribution in [0.2, 0.25) is 0 Å². The molecule has 1 aromatic heterocycles. The Bertz CT molecular complexity index is 245. The van der Waals surface area contributed by atoms with Gasteiger partial charge in [-0.25, -0.2) is 15.0 Å². The van der Waals surface area contributed by atoms with Gasteiger partial charge in [-0.3, -0.25) is 0 Å². The van der Waals surface area contributed by atoms with E-state index in [0.717, 1.165) is 24.5 Å². The molecule has 0 atom stereocenters. The molecule has 1 heterocycles. The molecular weight excluding hydrogens is 150 g/mol. The van der Waals surface area contributed by atoms with Crippen molar-refractivity contribution in [3.8, 4) is 0 Å². The largest absolute Gasteiger partial charge is 0.221 e. The summed E-state index contributed by atoms with van der Waals surface area (Å²) in [5.41, 5.74) is 0. The van der Waals surface area contributed by atoms with E-state index >= 15 is 0 Å². The Balaban J connectivity index is 2.81. The maximum absolute atomic E-state index is 4.34. The van der Waals surface area contributed by atoms with E-state index in [0.29, 0.717) is 5.92 Å². The Labute approximate surface area is 73.3 Å². The molecular formula is C9H15N3. The summed E-state index contributed by atoms with van der Waals surface area (Å²) in [5.74, 6) is 2.20. The highest BCUT2D eigenvalue weighted by Gasteiger charge is 2.03. The highest BCUT2D eigenvalue weighted by Crippen LogP contribution is 2.07. The lowest BCUT2D eigenvalue weighted by molar-refractivity contribution is 0.718. The van der Waals surface area contributed by atoms with E-state index in [1.165, 1.54) is 0 Å². The lowest BCUT2D eigenvalue weighted by atomic mass is 10.2. The van der Waals surface area contributed by atoms with Gasteiger partial charge in [0, 0.05) is 12.3 Å². The molecule has 0 unspecified atom stereocenters. The van der Waals surface area contributed by atoms with Crippen LogP contribution in [0.5, 0.6) is 0 Å². The molecule has 0 fully saturated rings.